The van der Waals surface area contributed by atoms with Gasteiger partial charge in [-0.05, 0) is 85.0 Å². The molecule has 5 atom stereocenters. The molecule has 0 bridgehead atoms. The number of ketones is 1. The number of fused-ring (bicyclic) bond motifs is 5. The van der Waals surface area contributed by atoms with Gasteiger partial charge in [0.2, 0.25) is 11.7 Å². The predicted octanol–water partition coefficient (Wildman–Crippen LogP) is 5.31. The summed E-state index contributed by atoms with van der Waals surface area (Å²) < 4.78 is 17.1. The van der Waals surface area contributed by atoms with E-state index in [1.54, 1.807) is 12.1 Å². The van der Waals surface area contributed by atoms with Crippen molar-refractivity contribution in [3.8, 4) is 5.75 Å². The number of rotatable bonds is 9. The number of halogens is 1. The number of phosphoric ester groups is 1. The Balaban J connectivity index is 0.999. The lowest BCUT2D eigenvalue weighted by atomic mass is 9.58. The molecule has 0 spiro atoms. The lowest BCUT2D eigenvalue weighted by Crippen LogP contribution is -2.55. The van der Waals surface area contributed by atoms with Crippen molar-refractivity contribution in [3.63, 3.8) is 0 Å². The van der Waals surface area contributed by atoms with Crippen molar-refractivity contribution in [2.45, 2.75) is 51.9 Å². The summed E-state index contributed by atoms with van der Waals surface area (Å²) in [6.07, 6.45) is 9.95. The number of phosphoric acid groups is 1. The number of carbonyl (C=O) groups excluding carboxylic acids is 2. The van der Waals surface area contributed by atoms with Crippen LogP contribution in [0.15, 0.2) is 30.2 Å². The third-order valence-electron chi connectivity index (χ3n) is 12.0. The highest BCUT2D eigenvalue weighted by atomic mass is 35.5. The van der Waals surface area contributed by atoms with Gasteiger partial charge in [-0.1, -0.05) is 0 Å². The zero-order valence-corrected chi connectivity index (χ0v) is 26.9. The fourth-order valence-corrected chi connectivity index (χ4v) is 10.5. The van der Waals surface area contributed by atoms with Crippen molar-refractivity contribution < 1.29 is 28.5 Å². The number of aromatic amines is 2. The monoisotopic (exact) mass is 650 g/mol. The number of amides is 1. The lowest BCUT2D eigenvalue weighted by molar-refractivity contribution is -0.153. The van der Waals surface area contributed by atoms with E-state index in [2.05, 4.69) is 14.9 Å². The highest BCUT2D eigenvalue weighted by molar-refractivity contribution is 7.46. The van der Waals surface area contributed by atoms with Crippen molar-refractivity contribution >= 4 is 47.7 Å². The molecule has 1 amide bonds. The van der Waals surface area contributed by atoms with Crippen molar-refractivity contribution in [1.82, 2.24) is 14.9 Å². The molecule has 5 unspecified atom stereocenters. The molecule has 3 aromatic rings. The molecular formula is C33H36ClN4O6P. The average molecular weight is 651 g/mol. The van der Waals surface area contributed by atoms with Gasteiger partial charge >= 0.3 is 7.82 Å². The Labute approximate surface area is 265 Å². The smallest absolute Gasteiger partial charge is 0.402 e. The summed E-state index contributed by atoms with van der Waals surface area (Å²) in [5, 5.41) is 0.908. The third-order valence-corrected chi connectivity index (χ3v) is 12.8. The van der Waals surface area contributed by atoms with E-state index in [1.807, 2.05) is 31.1 Å². The van der Waals surface area contributed by atoms with E-state index < -0.39 is 7.82 Å². The van der Waals surface area contributed by atoms with Gasteiger partial charge < -0.3 is 24.3 Å². The highest BCUT2D eigenvalue weighted by Crippen LogP contribution is 2.92. The number of H-pyrrole nitrogens is 2. The number of aryl methyl sites for hydroxylation is 2. The molecule has 4 fully saturated rings. The minimum atomic E-state index is -4.78. The Morgan fingerprint density at radius 2 is 2.00 bits per heavy atom. The average Bonchev–Trinajstić information content (AvgIpc) is 3.50. The number of nitrogens with one attached hydrogen (secondary N) is 2. The van der Waals surface area contributed by atoms with Crippen LogP contribution in [0.3, 0.4) is 0 Å². The number of alkyl halides is 1. The van der Waals surface area contributed by atoms with Crippen LogP contribution in [-0.2, 0) is 15.8 Å². The summed E-state index contributed by atoms with van der Waals surface area (Å²) >= 11 is 6.52. The quantitative estimate of drug-likeness (QED) is 0.182. The molecule has 12 heteroatoms. The van der Waals surface area contributed by atoms with Crippen molar-refractivity contribution in [3.05, 3.63) is 58.2 Å². The van der Waals surface area contributed by atoms with Gasteiger partial charge in [-0.25, -0.2) is 4.57 Å². The van der Waals surface area contributed by atoms with Gasteiger partial charge in [0, 0.05) is 79.2 Å². The maximum absolute atomic E-state index is 14.5. The van der Waals surface area contributed by atoms with Crippen LogP contribution in [0.2, 0.25) is 0 Å². The largest absolute Gasteiger partial charge is 0.524 e. The van der Waals surface area contributed by atoms with E-state index in [9.17, 15) is 23.9 Å². The summed E-state index contributed by atoms with van der Waals surface area (Å²) in [6, 6.07) is 1.75. The number of nitrogens with zero attached hydrogens (tertiary/aromatic N) is 2. The van der Waals surface area contributed by atoms with Gasteiger partial charge in [-0.15, -0.1) is 11.6 Å². The Bertz CT molecular complexity index is 1920. The SMILES string of the molecule is Cc1c[nH]c2c1CC(N(CC1CC1)C(=O)C13CC4C1C4(CN1CC(CCl)c4c1cc(OP(=O)(O)O)c1[nH]cc(C)c41)C3)=CC2=O. The van der Waals surface area contributed by atoms with Crippen LogP contribution in [0, 0.1) is 42.4 Å². The second-order valence-corrected chi connectivity index (χ2v) is 16.0. The summed E-state index contributed by atoms with van der Waals surface area (Å²) in [5.41, 5.74) is 6.76. The van der Waals surface area contributed by atoms with Gasteiger partial charge in [0.1, 0.15) is 0 Å². The van der Waals surface area contributed by atoms with Gasteiger partial charge in [0.15, 0.2) is 5.75 Å². The van der Waals surface area contributed by atoms with Crippen molar-refractivity contribution in [1.29, 1.82) is 0 Å². The predicted molar refractivity (Wildman–Crippen MR) is 169 cm³/mol. The zero-order chi connectivity index (χ0) is 31.2. The maximum Gasteiger partial charge on any atom is 0.524 e. The van der Waals surface area contributed by atoms with Crippen LogP contribution in [0.4, 0.5) is 5.69 Å². The summed E-state index contributed by atoms with van der Waals surface area (Å²) in [7, 11) is -4.78. The van der Waals surface area contributed by atoms with Gasteiger partial charge in [-0.3, -0.25) is 19.4 Å². The molecule has 4 saturated carbocycles. The molecule has 236 valence electrons. The van der Waals surface area contributed by atoms with Crippen LogP contribution in [0.1, 0.15) is 64.3 Å². The minimum Gasteiger partial charge on any atom is -0.402 e. The molecule has 0 saturated heterocycles. The first-order chi connectivity index (χ1) is 21.4. The van der Waals surface area contributed by atoms with Crippen LogP contribution < -0.4 is 9.42 Å². The number of allylic oxidation sites excluding steroid dienone is 2. The van der Waals surface area contributed by atoms with Gasteiger partial charge in [0.05, 0.1) is 16.6 Å². The maximum atomic E-state index is 14.5. The van der Waals surface area contributed by atoms with Gasteiger partial charge in [0.25, 0.3) is 0 Å². The number of hydrogen-bond acceptors (Lipinski definition) is 5. The number of aromatic nitrogens is 2. The Hall–Kier alpha value is -3.04. The molecule has 2 aromatic heterocycles. The first kappa shape index (κ1) is 28.2. The van der Waals surface area contributed by atoms with E-state index in [-0.39, 0.29) is 34.2 Å². The molecule has 1 aliphatic heterocycles. The summed E-state index contributed by atoms with van der Waals surface area (Å²) in [6.45, 7) is 6.15. The van der Waals surface area contributed by atoms with Crippen LogP contribution in [-0.4, -0.2) is 61.9 Å². The molecule has 10 nitrogen and oxygen atoms in total. The molecule has 3 heterocycles. The normalized spacial score (nSPS) is 30.7. The van der Waals surface area contributed by atoms with E-state index in [4.69, 9.17) is 16.1 Å². The number of anilines is 1. The highest BCUT2D eigenvalue weighted by Gasteiger charge is 2.92. The molecule has 5 aliphatic carbocycles. The molecule has 45 heavy (non-hydrogen) atoms. The second-order valence-electron chi connectivity index (χ2n) is 14.6. The number of benzene rings is 1. The second kappa shape index (κ2) is 9.06. The topological polar surface area (TPSA) is 139 Å². The summed E-state index contributed by atoms with van der Waals surface area (Å²) in [5.74, 6) is 2.08. The number of carbonyl (C=O) groups is 2. The Morgan fingerprint density at radius 3 is 2.71 bits per heavy atom. The minimum absolute atomic E-state index is 0.0486. The van der Waals surface area contributed by atoms with E-state index in [0.29, 0.717) is 54.4 Å². The molecule has 6 aliphatic rings. The summed E-state index contributed by atoms with van der Waals surface area (Å²) in [4.78, 5) is 57.4. The van der Waals surface area contributed by atoms with Crippen molar-refractivity contribution in [2.24, 2.45) is 28.6 Å². The first-order valence-corrected chi connectivity index (χ1v) is 17.9. The molecule has 1 aromatic carbocycles. The number of hydrogen-bond donors (Lipinski definition) is 4. The van der Waals surface area contributed by atoms with E-state index in [1.165, 1.54) is 0 Å². The van der Waals surface area contributed by atoms with Gasteiger partial charge in [-0.2, -0.15) is 0 Å². The fraction of sp³-hybridized carbons (Fsp3) is 0.515. The standard InChI is InChI=1S/C33H36ClN4O6P/c1-16-10-35-28-21(16)5-20(6-24(28)39)38(12-18-3-4-18)31(40)32-8-22-30(32)33(22,14-32)15-37-13-19(9-34)27-23(37)7-25(44-45(41,42)43)29-26(27)17(2)11-36-29/h6-7,10-11,18-19,22,30,35-36H,3-5,8-9,12-15H2,1-2H3,(H2,41,42,43). The lowest BCUT2D eigenvalue weighted by Gasteiger charge is -2.49. The van der Waals surface area contributed by atoms with Crippen LogP contribution >= 0.6 is 19.4 Å². The fourth-order valence-electron chi connectivity index (χ4n) is 9.85. The van der Waals surface area contributed by atoms with Crippen LogP contribution in [0.25, 0.3) is 10.9 Å². The third kappa shape index (κ3) is 3.86. The molecule has 9 rings (SSSR count). The Kier molecular flexibility index (Phi) is 5.68. The first-order valence-electron chi connectivity index (χ1n) is 15.9. The molecule has 4 N–H and O–H groups in total. The van der Waals surface area contributed by atoms with E-state index >= 15 is 0 Å². The molecule has 0 radical (unpaired) electrons. The zero-order valence-electron chi connectivity index (χ0n) is 25.2. The van der Waals surface area contributed by atoms with Crippen LogP contribution in [0.5, 0.6) is 5.75 Å². The van der Waals surface area contributed by atoms with E-state index in [0.717, 1.165) is 71.3 Å². The Morgan fingerprint density at radius 1 is 1.22 bits per heavy atom. The molecular weight excluding hydrogens is 615 g/mol. The van der Waals surface area contributed by atoms with Crippen molar-refractivity contribution in [2.75, 3.05) is 30.4 Å².